The van der Waals surface area contributed by atoms with Crippen molar-refractivity contribution < 1.29 is 9.53 Å². The number of aryl methyl sites for hydroxylation is 1. The molecule has 1 fully saturated rings. The first kappa shape index (κ1) is 20.6. The summed E-state index contributed by atoms with van der Waals surface area (Å²) in [6.45, 7) is 2.67. The third-order valence-corrected chi connectivity index (χ3v) is 6.39. The van der Waals surface area contributed by atoms with Crippen LogP contribution in [0, 0.1) is 0 Å². The molecule has 0 saturated carbocycles. The number of likely N-dealkylation sites (tertiary alicyclic amines) is 1. The van der Waals surface area contributed by atoms with Crippen LogP contribution in [0.2, 0.25) is 0 Å². The average Bonchev–Trinajstić information content (AvgIpc) is 3.63. The average molecular weight is 456 g/mol. The Labute approximate surface area is 197 Å². The number of aromatic nitrogens is 6. The lowest BCUT2D eigenvalue weighted by molar-refractivity contribution is 0.0715. The maximum Gasteiger partial charge on any atom is 0.275 e. The fourth-order valence-electron chi connectivity index (χ4n) is 4.78. The minimum Gasteiger partial charge on any atom is -0.477 e. The zero-order valence-electron chi connectivity index (χ0n) is 18.7. The number of hydrogen-bond donors (Lipinski definition) is 0. The number of pyridine rings is 2. The van der Waals surface area contributed by atoms with E-state index in [0.717, 1.165) is 37.2 Å². The summed E-state index contributed by atoms with van der Waals surface area (Å²) < 4.78 is 9.65. The molecule has 6 heterocycles. The monoisotopic (exact) mass is 455 g/mol. The molecule has 4 aromatic heterocycles. The Hall–Kier alpha value is -4.01. The molecule has 1 saturated heterocycles. The lowest BCUT2D eigenvalue weighted by Crippen LogP contribution is -2.38. The second kappa shape index (κ2) is 8.74. The summed E-state index contributed by atoms with van der Waals surface area (Å²) in [6, 6.07) is 13.5. The lowest BCUT2D eigenvalue weighted by atomic mass is 10.1. The van der Waals surface area contributed by atoms with Crippen LogP contribution in [0.1, 0.15) is 29.8 Å². The lowest BCUT2D eigenvalue weighted by Gasteiger charge is -2.24. The molecule has 0 radical (unpaired) electrons. The van der Waals surface area contributed by atoms with E-state index in [0.29, 0.717) is 42.5 Å². The van der Waals surface area contributed by atoms with Crippen molar-refractivity contribution in [2.75, 3.05) is 13.2 Å². The minimum atomic E-state index is -0.0780. The number of carbonyl (C=O) groups is 1. The highest BCUT2D eigenvalue weighted by molar-refractivity contribution is 6.00. The van der Waals surface area contributed by atoms with E-state index in [2.05, 4.69) is 15.1 Å². The third kappa shape index (κ3) is 3.72. The van der Waals surface area contributed by atoms with Gasteiger partial charge < -0.3 is 9.64 Å². The van der Waals surface area contributed by atoms with Crippen molar-refractivity contribution in [1.29, 1.82) is 0 Å². The molecule has 9 heteroatoms. The molecule has 0 unspecified atom stereocenters. The maximum absolute atomic E-state index is 13.8. The van der Waals surface area contributed by atoms with Crippen LogP contribution in [-0.2, 0) is 13.1 Å². The van der Waals surface area contributed by atoms with Crippen molar-refractivity contribution in [2.24, 2.45) is 0 Å². The Bertz CT molecular complexity index is 1300. The third-order valence-electron chi connectivity index (χ3n) is 6.39. The normalized spacial score (nSPS) is 17.4. The van der Waals surface area contributed by atoms with Gasteiger partial charge in [-0.1, -0.05) is 12.1 Å². The van der Waals surface area contributed by atoms with E-state index in [-0.39, 0.29) is 11.9 Å². The zero-order chi connectivity index (χ0) is 22.9. The molecule has 0 aromatic carbocycles. The van der Waals surface area contributed by atoms with E-state index in [9.17, 15) is 4.79 Å². The molecule has 0 spiro atoms. The van der Waals surface area contributed by atoms with Crippen LogP contribution >= 0.6 is 0 Å². The molecule has 0 bridgehead atoms. The van der Waals surface area contributed by atoms with E-state index in [1.807, 2.05) is 58.2 Å². The predicted octanol–water partition coefficient (Wildman–Crippen LogP) is 3.29. The van der Waals surface area contributed by atoms with Crippen molar-refractivity contribution in [1.82, 2.24) is 34.4 Å². The van der Waals surface area contributed by atoms with Crippen molar-refractivity contribution in [3.63, 3.8) is 0 Å². The summed E-state index contributed by atoms with van der Waals surface area (Å²) >= 11 is 0. The number of rotatable bonds is 5. The second-order valence-electron chi connectivity index (χ2n) is 8.60. The summed E-state index contributed by atoms with van der Waals surface area (Å²) in [5, 5.41) is 9.38. The summed E-state index contributed by atoms with van der Waals surface area (Å²) in [4.78, 5) is 24.6. The highest BCUT2D eigenvalue weighted by Crippen LogP contribution is 2.36. The molecule has 2 aliphatic rings. The smallest absolute Gasteiger partial charge is 0.275 e. The number of nitrogens with zero attached hydrogens (tertiary/aromatic N) is 7. The van der Waals surface area contributed by atoms with Gasteiger partial charge in [-0.3, -0.25) is 19.4 Å². The summed E-state index contributed by atoms with van der Waals surface area (Å²) in [5.41, 5.74) is 3.47. The van der Waals surface area contributed by atoms with Gasteiger partial charge >= 0.3 is 0 Å². The Balaban J connectivity index is 1.28. The molecule has 2 aliphatic heterocycles. The van der Waals surface area contributed by atoms with Gasteiger partial charge in [-0.15, -0.1) is 0 Å². The maximum atomic E-state index is 13.8. The van der Waals surface area contributed by atoms with Crippen LogP contribution in [0.25, 0.3) is 22.6 Å². The van der Waals surface area contributed by atoms with Crippen LogP contribution in [-0.4, -0.2) is 59.5 Å². The van der Waals surface area contributed by atoms with Gasteiger partial charge in [0.15, 0.2) is 5.69 Å². The molecule has 1 atom stereocenters. The summed E-state index contributed by atoms with van der Waals surface area (Å²) in [6.07, 6.45) is 8.19. The van der Waals surface area contributed by atoms with E-state index in [4.69, 9.17) is 9.84 Å². The molecule has 34 heavy (non-hydrogen) atoms. The van der Waals surface area contributed by atoms with E-state index < -0.39 is 0 Å². The van der Waals surface area contributed by atoms with Crippen molar-refractivity contribution >= 4 is 5.91 Å². The van der Waals surface area contributed by atoms with Gasteiger partial charge in [0.05, 0.1) is 36.1 Å². The fraction of sp³-hybridized carbons (Fsp3) is 0.320. The SMILES string of the molecule is O=C(c1nn2c(c1-c1ccccn1)OCCC2)N1CCC[C@H]1Cn1ccc(-c2ccccn2)n1. The summed E-state index contributed by atoms with van der Waals surface area (Å²) in [7, 11) is 0. The number of fused-ring (bicyclic) bond motifs is 1. The van der Waals surface area contributed by atoms with Gasteiger partial charge in [0.2, 0.25) is 5.88 Å². The molecule has 0 N–H and O–H groups in total. The number of amides is 1. The van der Waals surface area contributed by atoms with Crippen molar-refractivity contribution in [3.8, 4) is 28.5 Å². The van der Waals surface area contributed by atoms with Crippen LogP contribution in [0.4, 0.5) is 0 Å². The van der Waals surface area contributed by atoms with Gasteiger partial charge in [-0.25, -0.2) is 4.68 Å². The standard InChI is InChI=1S/C25H25N7O2/c33-24(23-22(21-9-2-4-12-27-21)25-32(29-23)14-6-16-34-25)31-13-5-7-18(31)17-30-15-10-20(28-30)19-8-1-3-11-26-19/h1-4,8-12,15,18H,5-7,13-14,16-17H2/t18-/m0/s1. The Morgan fingerprint density at radius 2 is 1.76 bits per heavy atom. The van der Waals surface area contributed by atoms with Gasteiger partial charge in [-0.2, -0.15) is 10.2 Å². The molecule has 1 amide bonds. The van der Waals surface area contributed by atoms with E-state index >= 15 is 0 Å². The molecular weight excluding hydrogens is 430 g/mol. The zero-order valence-corrected chi connectivity index (χ0v) is 18.7. The first-order chi connectivity index (χ1) is 16.8. The van der Waals surface area contributed by atoms with Crippen molar-refractivity contribution in [2.45, 2.75) is 38.4 Å². The van der Waals surface area contributed by atoms with Gasteiger partial charge in [-0.05, 0) is 43.2 Å². The molecule has 172 valence electrons. The molecular formula is C25H25N7O2. The van der Waals surface area contributed by atoms with Crippen LogP contribution in [0.5, 0.6) is 5.88 Å². The highest BCUT2D eigenvalue weighted by Gasteiger charge is 2.35. The molecule has 9 nitrogen and oxygen atoms in total. The molecule has 0 aliphatic carbocycles. The second-order valence-corrected chi connectivity index (χ2v) is 8.60. The predicted molar refractivity (Wildman–Crippen MR) is 125 cm³/mol. The van der Waals surface area contributed by atoms with E-state index in [1.54, 1.807) is 17.1 Å². The largest absolute Gasteiger partial charge is 0.477 e. The Morgan fingerprint density at radius 1 is 0.941 bits per heavy atom. The first-order valence-corrected chi connectivity index (χ1v) is 11.7. The minimum absolute atomic E-state index is 0.0419. The molecule has 6 rings (SSSR count). The van der Waals surface area contributed by atoms with Crippen LogP contribution < -0.4 is 4.74 Å². The van der Waals surface area contributed by atoms with Gasteiger partial charge in [0.1, 0.15) is 5.69 Å². The topological polar surface area (TPSA) is 91.0 Å². The van der Waals surface area contributed by atoms with Gasteiger partial charge in [0.25, 0.3) is 5.91 Å². The number of ether oxygens (including phenoxy) is 1. The number of hydrogen-bond acceptors (Lipinski definition) is 6. The quantitative estimate of drug-likeness (QED) is 0.459. The Kier molecular flexibility index (Phi) is 5.29. The van der Waals surface area contributed by atoms with Gasteiger partial charge in [0, 0.05) is 38.1 Å². The highest BCUT2D eigenvalue weighted by atomic mass is 16.5. The first-order valence-electron chi connectivity index (χ1n) is 11.7. The fourth-order valence-corrected chi connectivity index (χ4v) is 4.78. The molecule has 4 aromatic rings. The van der Waals surface area contributed by atoms with Crippen LogP contribution in [0.15, 0.2) is 61.1 Å². The summed E-state index contributed by atoms with van der Waals surface area (Å²) in [5.74, 6) is 0.557. The van der Waals surface area contributed by atoms with E-state index in [1.165, 1.54) is 0 Å². The Morgan fingerprint density at radius 3 is 2.56 bits per heavy atom. The number of carbonyl (C=O) groups excluding carboxylic acids is 1. The van der Waals surface area contributed by atoms with Crippen LogP contribution in [0.3, 0.4) is 0 Å². The van der Waals surface area contributed by atoms with Crippen molar-refractivity contribution in [3.05, 3.63) is 66.7 Å².